The molecular formula is C13H15ClN4O2. The van der Waals surface area contributed by atoms with Gasteiger partial charge in [0, 0.05) is 17.3 Å². The molecule has 0 amide bonds. The van der Waals surface area contributed by atoms with Crippen LogP contribution >= 0.6 is 11.6 Å². The predicted molar refractivity (Wildman–Crippen MR) is 75.3 cm³/mol. The first-order chi connectivity index (χ1) is 9.61. The molecule has 1 aromatic carbocycles. The largest absolute Gasteiger partial charge is 0.454 e. The molecule has 0 aliphatic carbocycles. The second-order valence-electron chi connectivity index (χ2n) is 4.21. The van der Waals surface area contributed by atoms with Crippen molar-refractivity contribution in [3.8, 4) is 0 Å². The summed E-state index contributed by atoms with van der Waals surface area (Å²) in [5, 5.41) is 4.49. The van der Waals surface area contributed by atoms with Crippen molar-refractivity contribution in [2.24, 2.45) is 0 Å². The van der Waals surface area contributed by atoms with Gasteiger partial charge in [-0.1, -0.05) is 18.5 Å². The molecular weight excluding hydrogens is 280 g/mol. The molecule has 0 saturated heterocycles. The monoisotopic (exact) mass is 294 g/mol. The highest BCUT2D eigenvalue weighted by molar-refractivity contribution is 6.31. The van der Waals surface area contributed by atoms with Crippen molar-refractivity contribution in [3.63, 3.8) is 0 Å². The Labute approximate surface area is 121 Å². The smallest absolute Gasteiger partial charge is 0.340 e. The number of hydrogen-bond donors (Lipinski definition) is 1. The van der Waals surface area contributed by atoms with Crippen LogP contribution in [-0.4, -0.2) is 20.7 Å². The second-order valence-corrected chi connectivity index (χ2v) is 4.64. The third kappa shape index (κ3) is 3.27. The molecule has 2 N–H and O–H groups in total. The lowest BCUT2D eigenvalue weighted by Crippen LogP contribution is -2.12. The van der Waals surface area contributed by atoms with Gasteiger partial charge in [-0.25, -0.2) is 14.5 Å². The summed E-state index contributed by atoms with van der Waals surface area (Å²) in [5.41, 5.74) is 6.30. The number of esters is 1. The SMILES string of the molecule is CCCn1ncnc1COC(=O)c1cc(Cl)ccc1N. The molecule has 0 bridgehead atoms. The molecule has 20 heavy (non-hydrogen) atoms. The minimum absolute atomic E-state index is 0.0464. The lowest BCUT2D eigenvalue weighted by atomic mass is 10.2. The Morgan fingerprint density at radius 3 is 3.05 bits per heavy atom. The summed E-state index contributed by atoms with van der Waals surface area (Å²) in [6.45, 7) is 2.81. The summed E-state index contributed by atoms with van der Waals surface area (Å²) in [6, 6.07) is 4.67. The van der Waals surface area contributed by atoms with E-state index in [4.69, 9.17) is 22.1 Å². The van der Waals surface area contributed by atoms with Crippen LogP contribution in [0, 0.1) is 0 Å². The quantitative estimate of drug-likeness (QED) is 0.675. The number of nitrogens with zero attached hydrogens (tertiary/aromatic N) is 3. The highest BCUT2D eigenvalue weighted by atomic mass is 35.5. The third-order valence-electron chi connectivity index (χ3n) is 2.70. The number of carbonyl (C=O) groups is 1. The number of carbonyl (C=O) groups excluding carboxylic acids is 1. The molecule has 106 valence electrons. The molecule has 0 unspecified atom stereocenters. The molecule has 0 aliphatic rings. The van der Waals surface area contributed by atoms with Crippen molar-refractivity contribution < 1.29 is 9.53 Å². The van der Waals surface area contributed by atoms with Gasteiger partial charge in [-0.15, -0.1) is 0 Å². The van der Waals surface area contributed by atoms with Gasteiger partial charge in [0.1, 0.15) is 6.33 Å². The van der Waals surface area contributed by atoms with E-state index in [9.17, 15) is 4.79 Å². The van der Waals surface area contributed by atoms with E-state index in [2.05, 4.69) is 10.1 Å². The normalized spacial score (nSPS) is 10.5. The number of nitrogens with two attached hydrogens (primary N) is 1. The fourth-order valence-corrected chi connectivity index (χ4v) is 1.88. The lowest BCUT2D eigenvalue weighted by molar-refractivity contribution is 0.0458. The van der Waals surface area contributed by atoms with Gasteiger partial charge < -0.3 is 10.5 Å². The van der Waals surface area contributed by atoms with Crippen LogP contribution < -0.4 is 5.73 Å². The van der Waals surface area contributed by atoms with E-state index < -0.39 is 5.97 Å². The topological polar surface area (TPSA) is 83.0 Å². The van der Waals surface area contributed by atoms with E-state index in [1.807, 2.05) is 6.92 Å². The van der Waals surface area contributed by atoms with Gasteiger partial charge in [0.2, 0.25) is 0 Å². The van der Waals surface area contributed by atoms with Crippen LogP contribution in [0.25, 0.3) is 0 Å². The first-order valence-corrected chi connectivity index (χ1v) is 6.58. The van der Waals surface area contributed by atoms with Crippen LogP contribution in [0.2, 0.25) is 5.02 Å². The standard InChI is InChI=1S/C13H15ClN4O2/c1-2-5-18-12(16-8-17-18)7-20-13(19)10-6-9(14)3-4-11(10)15/h3-4,6,8H,2,5,7,15H2,1H3. The number of ether oxygens (including phenoxy) is 1. The second kappa shape index (κ2) is 6.38. The van der Waals surface area contributed by atoms with Gasteiger partial charge in [0.05, 0.1) is 5.56 Å². The molecule has 6 nitrogen and oxygen atoms in total. The average Bonchev–Trinajstić information content (AvgIpc) is 2.87. The zero-order valence-electron chi connectivity index (χ0n) is 11.0. The highest BCUT2D eigenvalue weighted by Crippen LogP contribution is 2.19. The molecule has 1 heterocycles. The van der Waals surface area contributed by atoms with E-state index >= 15 is 0 Å². The minimum Gasteiger partial charge on any atom is -0.454 e. The van der Waals surface area contributed by atoms with Gasteiger partial charge in [0.25, 0.3) is 0 Å². The number of aromatic nitrogens is 3. The first-order valence-electron chi connectivity index (χ1n) is 6.20. The van der Waals surface area contributed by atoms with Crippen LogP contribution in [0.15, 0.2) is 24.5 Å². The number of nitrogen functional groups attached to an aromatic ring is 1. The summed E-state index contributed by atoms with van der Waals surface area (Å²) >= 11 is 5.84. The van der Waals surface area contributed by atoms with Crippen molar-refractivity contribution in [1.82, 2.24) is 14.8 Å². The Hall–Kier alpha value is -2.08. The molecule has 0 aliphatic heterocycles. The zero-order valence-corrected chi connectivity index (χ0v) is 11.8. The molecule has 0 spiro atoms. The third-order valence-corrected chi connectivity index (χ3v) is 2.93. The van der Waals surface area contributed by atoms with Gasteiger partial charge in [0.15, 0.2) is 12.4 Å². The van der Waals surface area contributed by atoms with Gasteiger partial charge in [-0.05, 0) is 24.6 Å². The van der Waals surface area contributed by atoms with Crippen molar-refractivity contribution >= 4 is 23.3 Å². The maximum atomic E-state index is 12.0. The summed E-state index contributed by atoms with van der Waals surface area (Å²) in [4.78, 5) is 16.0. The van der Waals surface area contributed by atoms with Crippen molar-refractivity contribution in [2.75, 3.05) is 5.73 Å². The van der Waals surface area contributed by atoms with E-state index in [1.54, 1.807) is 16.8 Å². The molecule has 2 rings (SSSR count). The van der Waals surface area contributed by atoms with E-state index in [-0.39, 0.29) is 12.2 Å². The molecule has 0 saturated carbocycles. The van der Waals surface area contributed by atoms with Crippen LogP contribution in [0.5, 0.6) is 0 Å². The average molecular weight is 295 g/mol. The van der Waals surface area contributed by atoms with Crippen LogP contribution in [0.1, 0.15) is 29.5 Å². The number of hydrogen-bond acceptors (Lipinski definition) is 5. The lowest BCUT2D eigenvalue weighted by Gasteiger charge is -2.08. The molecule has 7 heteroatoms. The molecule has 0 fully saturated rings. The Bertz CT molecular complexity index is 612. The van der Waals surface area contributed by atoms with E-state index in [0.717, 1.165) is 13.0 Å². The highest BCUT2D eigenvalue weighted by Gasteiger charge is 2.13. The van der Waals surface area contributed by atoms with Gasteiger partial charge >= 0.3 is 5.97 Å². The fraction of sp³-hybridized carbons (Fsp3) is 0.308. The van der Waals surface area contributed by atoms with Crippen LogP contribution in [-0.2, 0) is 17.9 Å². The first kappa shape index (κ1) is 14.3. The zero-order chi connectivity index (χ0) is 14.5. The van der Waals surface area contributed by atoms with Gasteiger partial charge in [-0.3, -0.25) is 0 Å². The number of halogens is 1. The van der Waals surface area contributed by atoms with Crippen LogP contribution in [0.4, 0.5) is 5.69 Å². The summed E-state index contributed by atoms with van der Waals surface area (Å²) in [6.07, 6.45) is 2.36. The number of anilines is 1. The number of rotatable bonds is 5. The minimum atomic E-state index is -0.531. The number of aryl methyl sites for hydroxylation is 1. The molecule has 2 aromatic rings. The van der Waals surface area contributed by atoms with E-state index in [1.165, 1.54) is 12.4 Å². The molecule has 0 atom stereocenters. The summed E-state index contributed by atoms with van der Waals surface area (Å²) in [5.74, 6) is 0.0665. The Morgan fingerprint density at radius 1 is 1.50 bits per heavy atom. The summed E-state index contributed by atoms with van der Waals surface area (Å²) < 4.78 is 6.90. The predicted octanol–water partition coefficient (Wildman–Crippen LogP) is 2.28. The van der Waals surface area contributed by atoms with Crippen molar-refractivity contribution in [2.45, 2.75) is 26.5 Å². The Balaban J connectivity index is 2.05. The Kier molecular flexibility index (Phi) is 4.57. The maximum Gasteiger partial charge on any atom is 0.340 e. The number of benzene rings is 1. The fourth-order valence-electron chi connectivity index (χ4n) is 1.71. The van der Waals surface area contributed by atoms with Crippen molar-refractivity contribution in [3.05, 3.63) is 40.9 Å². The van der Waals surface area contributed by atoms with Crippen LogP contribution in [0.3, 0.4) is 0 Å². The van der Waals surface area contributed by atoms with E-state index in [0.29, 0.717) is 16.5 Å². The van der Waals surface area contributed by atoms with Gasteiger partial charge in [-0.2, -0.15) is 5.10 Å². The van der Waals surface area contributed by atoms with Crippen molar-refractivity contribution in [1.29, 1.82) is 0 Å². The summed E-state index contributed by atoms with van der Waals surface area (Å²) in [7, 11) is 0. The molecule has 0 radical (unpaired) electrons. The molecule has 1 aromatic heterocycles. The maximum absolute atomic E-state index is 12.0. The Morgan fingerprint density at radius 2 is 2.30 bits per heavy atom.